The van der Waals surface area contributed by atoms with Crippen LogP contribution in [-0.2, 0) is 4.79 Å². The monoisotopic (exact) mass is 325 g/mol. The molecular formula is C14H20BrN3O. The summed E-state index contributed by atoms with van der Waals surface area (Å²) in [6.07, 6.45) is 0. The number of halogens is 1. The summed E-state index contributed by atoms with van der Waals surface area (Å²) in [4.78, 5) is 14.2. The third-order valence-corrected chi connectivity index (χ3v) is 4.21. The maximum absolute atomic E-state index is 12.0. The number of piperazine rings is 1. The van der Waals surface area contributed by atoms with Crippen LogP contribution >= 0.6 is 15.9 Å². The van der Waals surface area contributed by atoms with Crippen LogP contribution in [0.15, 0.2) is 28.7 Å². The molecule has 1 fully saturated rings. The fourth-order valence-electron chi connectivity index (χ4n) is 2.53. The number of hydrogen-bond donors (Lipinski definition) is 2. The van der Waals surface area contributed by atoms with Crippen LogP contribution in [0.4, 0.5) is 0 Å². The van der Waals surface area contributed by atoms with Crippen LogP contribution in [0.2, 0.25) is 0 Å². The Bertz CT molecular complexity index is 435. The zero-order valence-electron chi connectivity index (χ0n) is 11.3. The number of carbonyl (C=O) groups excluding carboxylic acids is 1. The van der Waals surface area contributed by atoms with E-state index >= 15 is 0 Å². The molecule has 5 heteroatoms. The molecule has 0 aromatic heterocycles. The maximum Gasteiger partial charge on any atom is 0.238 e. The Morgan fingerprint density at radius 2 is 2.16 bits per heavy atom. The van der Waals surface area contributed by atoms with Gasteiger partial charge in [0.15, 0.2) is 0 Å². The van der Waals surface area contributed by atoms with Gasteiger partial charge in [-0.3, -0.25) is 9.69 Å². The van der Waals surface area contributed by atoms with Gasteiger partial charge in [0.25, 0.3) is 0 Å². The van der Waals surface area contributed by atoms with Crippen molar-refractivity contribution in [3.05, 3.63) is 34.3 Å². The highest BCUT2D eigenvalue weighted by Gasteiger charge is 2.31. The molecule has 2 unspecified atom stereocenters. The molecule has 104 valence electrons. The van der Waals surface area contributed by atoms with Gasteiger partial charge in [0.1, 0.15) is 6.04 Å². The second-order valence-electron chi connectivity index (χ2n) is 4.80. The molecule has 1 heterocycles. The smallest absolute Gasteiger partial charge is 0.238 e. The molecule has 2 atom stereocenters. The second kappa shape index (κ2) is 6.50. The van der Waals surface area contributed by atoms with Crippen LogP contribution in [0, 0.1) is 0 Å². The van der Waals surface area contributed by atoms with Gasteiger partial charge in [-0.15, -0.1) is 0 Å². The molecule has 4 nitrogen and oxygen atoms in total. The normalized spacial score (nSPS) is 21.9. The Morgan fingerprint density at radius 3 is 2.79 bits per heavy atom. The van der Waals surface area contributed by atoms with Crippen molar-refractivity contribution in [3.63, 3.8) is 0 Å². The van der Waals surface area contributed by atoms with E-state index in [1.807, 2.05) is 12.1 Å². The molecule has 0 bridgehead atoms. The van der Waals surface area contributed by atoms with Crippen molar-refractivity contribution in [3.8, 4) is 0 Å². The van der Waals surface area contributed by atoms with E-state index in [1.165, 1.54) is 5.56 Å². The summed E-state index contributed by atoms with van der Waals surface area (Å²) < 4.78 is 1.08. The Hall–Kier alpha value is -0.910. The van der Waals surface area contributed by atoms with E-state index in [0.717, 1.165) is 17.6 Å². The van der Waals surface area contributed by atoms with Gasteiger partial charge in [0, 0.05) is 37.2 Å². The lowest BCUT2D eigenvalue weighted by Gasteiger charge is -2.39. The summed E-state index contributed by atoms with van der Waals surface area (Å²) in [5.41, 5.74) is 1.24. The predicted molar refractivity (Wildman–Crippen MR) is 80.0 cm³/mol. The number of benzene rings is 1. The van der Waals surface area contributed by atoms with Crippen LogP contribution in [0.1, 0.15) is 18.5 Å². The first-order valence-electron chi connectivity index (χ1n) is 6.57. The van der Waals surface area contributed by atoms with Crippen molar-refractivity contribution in [2.45, 2.75) is 19.0 Å². The number of likely N-dealkylation sites (N-methyl/N-ethyl adjacent to an activating group) is 1. The highest BCUT2D eigenvalue weighted by Crippen LogP contribution is 2.24. The van der Waals surface area contributed by atoms with E-state index in [9.17, 15) is 4.79 Å². The molecule has 2 rings (SSSR count). The van der Waals surface area contributed by atoms with Gasteiger partial charge in [-0.2, -0.15) is 0 Å². The molecular weight excluding hydrogens is 306 g/mol. The summed E-state index contributed by atoms with van der Waals surface area (Å²) in [5.74, 6) is 0.0798. The Balaban J connectivity index is 2.17. The van der Waals surface area contributed by atoms with Crippen molar-refractivity contribution >= 4 is 21.8 Å². The molecule has 0 aliphatic carbocycles. The number of rotatable bonds is 3. The van der Waals surface area contributed by atoms with Crippen molar-refractivity contribution in [2.75, 3.05) is 26.7 Å². The maximum atomic E-state index is 12.0. The molecule has 1 aliphatic rings. The summed E-state index contributed by atoms with van der Waals surface area (Å²) in [6, 6.07) is 8.44. The Labute approximate surface area is 122 Å². The SMILES string of the molecule is CNC(=O)C1CNCCN1C(C)c1ccc(Br)cc1. The van der Waals surface area contributed by atoms with Gasteiger partial charge in [-0.25, -0.2) is 0 Å². The molecule has 2 N–H and O–H groups in total. The molecule has 1 aromatic rings. The molecule has 0 spiro atoms. The molecule has 1 amide bonds. The van der Waals surface area contributed by atoms with E-state index < -0.39 is 0 Å². The standard InChI is InChI=1S/C14H20BrN3O/c1-10(11-3-5-12(15)6-4-11)18-8-7-17-9-13(18)14(19)16-2/h3-6,10,13,17H,7-9H2,1-2H3,(H,16,19). The lowest BCUT2D eigenvalue weighted by atomic mass is 10.0. The molecule has 0 saturated carbocycles. The van der Waals surface area contributed by atoms with Gasteiger partial charge in [-0.1, -0.05) is 28.1 Å². The third-order valence-electron chi connectivity index (χ3n) is 3.68. The van der Waals surface area contributed by atoms with Crippen LogP contribution in [0.25, 0.3) is 0 Å². The summed E-state index contributed by atoms with van der Waals surface area (Å²) in [5, 5.41) is 6.04. The average molecular weight is 326 g/mol. The number of nitrogens with one attached hydrogen (secondary N) is 2. The van der Waals surface area contributed by atoms with Crippen LogP contribution in [-0.4, -0.2) is 43.5 Å². The second-order valence-corrected chi connectivity index (χ2v) is 5.72. The number of carbonyl (C=O) groups is 1. The number of amides is 1. The van der Waals surface area contributed by atoms with E-state index in [1.54, 1.807) is 7.05 Å². The summed E-state index contributed by atoms with van der Waals surface area (Å²) in [7, 11) is 1.69. The number of nitrogens with zero attached hydrogens (tertiary/aromatic N) is 1. The minimum atomic E-state index is -0.0996. The number of hydrogen-bond acceptors (Lipinski definition) is 3. The fourth-order valence-corrected chi connectivity index (χ4v) is 2.79. The van der Waals surface area contributed by atoms with Crippen LogP contribution < -0.4 is 10.6 Å². The highest BCUT2D eigenvalue weighted by atomic mass is 79.9. The minimum Gasteiger partial charge on any atom is -0.358 e. The minimum absolute atomic E-state index is 0.0798. The predicted octanol–water partition coefficient (Wildman–Crippen LogP) is 1.53. The molecule has 1 saturated heterocycles. The first-order valence-corrected chi connectivity index (χ1v) is 7.36. The van der Waals surface area contributed by atoms with Crippen molar-refractivity contribution < 1.29 is 4.79 Å². The van der Waals surface area contributed by atoms with Crippen LogP contribution in [0.5, 0.6) is 0 Å². The zero-order chi connectivity index (χ0) is 13.8. The lowest BCUT2D eigenvalue weighted by Crippen LogP contribution is -2.57. The summed E-state index contributed by atoms with van der Waals surface area (Å²) in [6.45, 7) is 4.68. The quantitative estimate of drug-likeness (QED) is 0.885. The first kappa shape index (κ1) is 14.5. The van der Waals surface area contributed by atoms with Crippen molar-refractivity contribution in [1.29, 1.82) is 0 Å². The van der Waals surface area contributed by atoms with Crippen LogP contribution in [0.3, 0.4) is 0 Å². The Morgan fingerprint density at radius 1 is 1.47 bits per heavy atom. The highest BCUT2D eigenvalue weighted by molar-refractivity contribution is 9.10. The average Bonchev–Trinajstić information content (AvgIpc) is 2.46. The van der Waals surface area contributed by atoms with E-state index in [-0.39, 0.29) is 18.0 Å². The van der Waals surface area contributed by atoms with E-state index in [2.05, 4.69) is 50.5 Å². The van der Waals surface area contributed by atoms with E-state index in [0.29, 0.717) is 6.54 Å². The van der Waals surface area contributed by atoms with Crippen molar-refractivity contribution in [1.82, 2.24) is 15.5 Å². The van der Waals surface area contributed by atoms with Gasteiger partial charge in [-0.05, 0) is 24.6 Å². The molecule has 0 radical (unpaired) electrons. The Kier molecular flexibility index (Phi) is 4.96. The van der Waals surface area contributed by atoms with E-state index in [4.69, 9.17) is 0 Å². The largest absolute Gasteiger partial charge is 0.358 e. The third kappa shape index (κ3) is 3.35. The van der Waals surface area contributed by atoms with Gasteiger partial charge in [0.2, 0.25) is 5.91 Å². The zero-order valence-corrected chi connectivity index (χ0v) is 12.9. The van der Waals surface area contributed by atoms with Gasteiger partial charge in [0.05, 0.1) is 0 Å². The molecule has 1 aromatic carbocycles. The fraction of sp³-hybridized carbons (Fsp3) is 0.500. The molecule has 1 aliphatic heterocycles. The first-order chi connectivity index (χ1) is 9.13. The molecule has 19 heavy (non-hydrogen) atoms. The summed E-state index contributed by atoms with van der Waals surface area (Å²) >= 11 is 3.45. The topological polar surface area (TPSA) is 44.4 Å². The van der Waals surface area contributed by atoms with Gasteiger partial charge < -0.3 is 10.6 Å². The van der Waals surface area contributed by atoms with Crippen molar-refractivity contribution in [2.24, 2.45) is 0 Å². The lowest BCUT2D eigenvalue weighted by molar-refractivity contribution is -0.127. The van der Waals surface area contributed by atoms with Gasteiger partial charge >= 0.3 is 0 Å².